The molecule has 0 amide bonds. The van der Waals surface area contributed by atoms with Crippen molar-refractivity contribution in [2.24, 2.45) is 0 Å². The zero-order chi connectivity index (χ0) is 14.2. The summed E-state index contributed by atoms with van der Waals surface area (Å²) in [7, 11) is -0.836. The predicted octanol–water partition coefficient (Wildman–Crippen LogP) is 2.06. The molecular weight excluding hydrogens is 274 g/mol. The zero-order valence-electron chi connectivity index (χ0n) is 11.4. The average molecular weight is 293 g/mol. The van der Waals surface area contributed by atoms with Gasteiger partial charge in [-0.1, -0.05) is 12.1 Å². The fourth-order valence-corrected chi connectivity index (χ4v) is 3.44. The van der Waals surface area contributed by atoms with Crippen LogP contribution in [0.5, 0.6) is 5.75 Å². The number of benzene rings is 1. The number of nitrogens with zero attached hydrogens (tertiary/aromatic N) is 1. The van der Waals surface area contributed by atoms with Gasteiger partial charge in [0.2, 0.25) is 0 Å². The quantitative estimate of drug-likeness (QED) is 0.805. The molecule has 1 aliphatic rings. The fourth-order valence-electron chi connectivity index (χ4n) is 2.14. The minimum absolute atomic E-state index is 0.255. The highest BCUT2D eigenvalue weighted by atomic mass is 32.2. The molecule has 0 radical (unpaired) electrons. The van der Waals surface area contributed by atoms with Gasteiger partial charge in [-0.3, -0.25) is 4.21 Å². The van der Waals surface area contributed by atoms with Crippen LogP contribution in [0.2, 0.25) is 0 Å². The van der Waals surface area contributed by atoms with Crippen LogP contribution in [0, 0.1) is 11.3 Å². The molecule has 0 saturated carbocycles. The molecule has 1 saturated heterocycles. The van der Waals surface area contributed by atoms with E-state index in [0.29, 0.717) is 18.8 Å². The molecule has 0 aromatic heterocycles. The van der Waals surface area contributed by atoms with Crippen LogP contribution in [-0.4, -0.2) is 35.0 Å². The van der Waals surface area contributed by atoms with Crippen molar-refractivity contribution in [2.45, 2.75) is 24.5 Å². The minimum Gasteiger partial charge on any atom is -0.493 e. The molecule has 5 heteroatoms. The van der Waals surface area contributed by atoms with E-state index in [-0.39, 0.29) is 5.25 Å². The molecule has 0 bridgehead atoms. The van der Waals surface area contributed by atoms with E-state index < -0.39 is 10.8 Å². The van der Waals surface area contributed by atoms with Crippen molar-refractivity contribution in [1.82, 2.24) is 0 Å². The summed E-state index contributed by atoms with van der Waals surface area (Å²) in [6, 6.07) is 9.57. The van der Waals surface area contributed by atoms with E-state index in [4.69, 9.17) is 14.7 Å². The Hall–Kier alpha value is -1.38. The molecule has 1 heterocycles. The first-order valence-electron chi connectivity index (χ1n) is 6.83. The SMILES string of the molecule is N#CCc1ccc(OCCS(=O)C2CCOCC2)cc1. The number of rotatable bonds is 6. The summed E-state index contributed by atoms with van der Waals surface area (Å²) in [5, 5.41) is 8.85. The molecule has 1 atom stereocenters. The van der Waals surface area contributed by atoms with Crippen molar-refractivity contribution in [3.8, 4) is 11.8 Å². The van der Waals surface area contributed by atoms with Gasteiger partial charge in [0.05, 0.1) is 24.8 Å². The predicted molar refractivity (Wildman–Crippen MR) is 78.1 cm³/mol. The van der Waals surface area contributed by atoms with Gasteiger partial charge in [0.15, 0.2) is 0 Å². The van der Waals surface area contributed by atoms with E-state index in [2.05, 4.69) is 6.07 Å². The van der Waals surface area contributed by atoms with Crippen molar-refractivity contribution >= 4 is 10.8 Å². The van der Waals surface area contributed by atoms with Gasteiger partial charge in [0, 0.05) is 29.3 Å². The highest BCUT2D eigenvalue weighted by Gasteiger charge is 2.19. The Morgan fingerprint density at radius 3 is 2.65 bits per heavy atom. The van der Waals surface area contributed by atoms with Gasteiger partial charge in [0.25, 0.3) is 0 Å². The van der Waals surface area contributed by atoms with Gasteiger partial charge in [-0.05, 0) is 30.5 Å². The normalized spacial score (nSPS) is 17.4. The minimum atomic E-state index is -0.836. The average Bonchev–Trinajstić information content (AvgIpc) is 2.50. The fraction of sp³-hybridized carbons (Fsp3) is 0.533. The van der Waals surface area contributed by atoms with E-state index >= 15 is 0 Å². The van der Waals surface area contributed by atoms with E-state index in [9.17, 15) is 4.21 Å². The molecule has 20 heavy (non-hydrogen) atoms. The van der Waals surface area contributed by atoms with Gasteiger partial charge >= 0.3 is 0 Å². The van der Waals surface area contributed by atoms with E-state index in [0.717, 1.165) is 37.4 Å². The Bertz CT molecular complexity index is 475. The summed E-state index contributed by atoms with van der Waals surface area (Å²) in [6.45, 7) is 1.90. The maximum absolute atomic E-state index is 12.1. The van der Waals surface area contributed by atoms with Crippen molar-refractivity contribution in [3.63, 3.8) is 0 Å². The van der Waals surface area contributed by atoms with E-state index in [1.807, 2.05) is 24.3 Å². The van der Waals surface area contributed by atoms with Crippen LogP contribution in [-0.2, 0) is 22.0 Å². The lowest BCUT2D eigenvalue weighted by Gasteiger charge is -2.21. The van der Waals surface area contributed by atoms with Gasteiger partial charge in [-0.25, -0.2) is 0 Å². The first kappa shape index (κ1) is 15.0. The summed E-state index contributed by atoms with van der Waals surface area (Å²) >= 11 is 0. The lowest BCUT2D eigenvalue weighted by molar-refractivity contribution is 0.0991. The maximum atomic E-state index is 12.1. The molecule has 1 fully saturated rings. The molecule has 1 unspecified atom stereocenters. The van der Waals surface area contributed by atoms with Crippen LogP contribution in [0.25, 0.3) is 0 Å². The monoisotopic (exact) mass is 293 g/mol. The molecule has 1 aromatic rings. The third kappa shape index (κ3) is 4.62. The third-order valence-electron chi connectivity index (χ3n) is 3.30. The first-order valence-corrected chi connectivity index (χ1v) is 8.21. The first-order chi connectivity index (χ1) is 9.79. The van der Waals surface area contributed by atoms with Crippen LogP contribution in [0.3, 0.4) is 0 Å². The summed E-state index contributed by atoms with van der Waals surface area (Å²) in [6.07, 6.45) is 2.18. The van der Waals surface area contributed by atoms with Crippen LogP contribution in [0.4, 0.5) is 0 Å². The molecule has 2 rings (SSSR count). The standard InChI is InChI=1S/C15H19NO3S/c16-8-5-13-1-3-14(4-2-13)19-11-12-20(17)15-6-9-18-10-7-15/h1-4,15H,5-7,9-12H2. The molecule has 4 nitrogen and oxygen atoms in total. The largest absolute Gasteiger partial charge is 0.493 e. The van der Waals surface area contributed by atoms with Crippen LogP contribution >= 0.6 is 0 Å². The third-order valence-corrected chi connectivity index (χ3v) is 5.08. The smallest absolute Gasteiger partial charge is 0.119 e. The second kappa shape index (κ2) is 8.03. The highest BCUT2D eigenvalue weighted by Crippen LogP contribution is 2.15. The summed E-state index contributed by atoms with van der Waals surface area (Å²) in [5.74, 6) is 1.32. The molecule has 1 aliphatic heterocycles. The summed E-state index contributed by atoms with van der Waals surface area (Å²) < 4.78 is 22.9. The van der Waals surface area contributed by atoms with Crippen molar-refractivity contribution in [1.29, 1.82) is 5.26 Å². The summed E-state index contributed by atoms with van der Waals surface area (Å²) in [4.78, 5) is 0. The van der Waals surface area contributed by atoms with Crippen molar-refractivity contribution < 1.29 is 13.7 Å². The molecule has 0 N–H and O–H groups in total. The highest BCUT2D eigenvalue weighted by molar-refractivity contribution is 7.85. The molecule has 0 spiro atoms. The van der Waals surface area contributed by atoms with Gasteiger partial charge in [-0.2, -0.15) is 5.26 Å². The Morgan fingerprint density at radius 2 is 2.00 bits per heavy atom. The number of ether oxygens (including phenoxy) is 2. The second-order valence-electron chi connectivity index (χ2n) is 4.72. The lowest BCUT2D eigenvalue weighted by Crippen LogP contribution is -2.27. The van der Waals surface area contributed by atoms with Crippen LogP contribution < -0.4 is 4.74 Å². The zero-order valence-corrected chi connectivity index (χ0v) is 12.2. The van der Waals surface area contributed by atoms with Crippen LogP contribution in [0.1, 0.15) is 18.4 Å². The number of nitriles is 1. The Kier molecular flexibility index (Phi) is 6.03. The maximum Gasteiger partial charge on any atom is 0.119 e. The topological polar surface area (TPSA) is 59.3 Å². The molecule has 108 valence electrons. The van der Waals surface area contributed by atoms with Gasteiger partial charge < -0.3 is 9.47 Å². The second-order valence-corrected chi connectivity index (χ2v) is 6.56. The molecular formula is C15H19NO3S. The van der Waals surface area contributed by atoms with Crippen LogP contribution in [0.15, 0.2) is 24.3 Å². The van der Waals surface area contributed by atoms with E-state index in [1.54, 1.807) is 0 Å². The lowest BCUT2D eigenvalue weighted by atomic mass is 10.2. The Morgan fingerprint density at radius 1 is 1.30 bits per heavy atom. The van der Waals surface area contributed by atoms with E-state index in [1.165, 1.54) is 0 Å². The Balaban J connectivity index is 1.72. The Labute approximate surface area is 122 Å². The number of hydrogen-bond donors (Lipinski definition) is 0. The van der Waals surface area contributed by atoms with Gasteiger partial charge in [-0.15, -0.1) is 0 Å². The molecule has 0 aliphatic carbocycles. The van der Waals surface area contributed by atoms with Gasteiger partial charge in [0.1, 0.15) is 5.75 Å². The number of hydrogen-bond acceptors (Lipinski definition) is 4. The molecule has 1 aromatic carbocycles. The van der Waals surface area contributed by atoms with Crippen molar-refractivity contribution in [2.75, 3.05) is 25.6 Å². The summed E-state index contributed by atoms with van der Waals surface area (Å²) in [5.41, 5.74) is 0.977. The van der Waals surface area contributed by atoms with Crippen molar-refractivity contribution in [3.05, 3.63) is 29.8 Å².